The number of amides is 3. The van der Waals surface area contributed by atoms with Crippen molar-refractivity contribution in [2.75, 3.05) is 7.05 Å². The van der Waals surface area contributed by atoms with E-state index < -0.39 is 11.5 Å². The van der Waals surface area contributed by atoms with Crippen LogP contribution in [0.15, 0.2) is 0 Å². The molecule has 0 radical (unpaired) electrons. The molecular formula is C14H21N3O3S. The fourth-order valence-electron chi connectivity index (χ4n) is 3.08. The molecule has 1 aliphatic carbocycles. The van der Waals surface area contributed by atoms with Gasteiger partial charge in [-0.05, 0) is 12.8 Å². The van der Waals surface area contributed by atoms with Gasteiger partial charge in [-0.1, -0.05) is 37.9 Å². The maximum Gasteiger partial charge on any atom is 0.252 e. The average Bonchev–Trinajstić information content (AvgIpc) is 2.67. The molecule has 0 aromatic rings. The molecule has 1 saturated heterocycles. The first kappa shape index (κ1) is 15.9. The van der Waals surface area contributed by atoms with Crippen molar-refractivity contribution in [2.24, 2.45) is 11.1 Å². The standard InChI is InChI=1S/C14H21N3O3S/c1-17-10(18)8-9(11(17)19)16-13(20)14(12(15)21)6-4-2-3-5-7-14/h9H,2-8H2,1H3,(H2,15,21)(H,16,20). The van der Waals surface area contributed by atoms with Crippen LogP contribution in [0, 0.1) is 5.41 Å². The van der Waals surface area contributed by atoms with Crippen molar-refractivity contribution in [1.29, 1.82) is 0 Å². The van der Waals surface area contributed by atoms with Gasteiger partial charge in [0.15, 0.2) is 0 Å². The van der Waals surface area contributed by atoms with E-state index in [0.717, 1.165) is 30.6 Å². The molecule has 3 N–H and O–H groups in total. The molecule has 2 rings (SSSR count). The van der Waals surface area contributed by atoms with Crippen molar-refractivity contribution in [3.05, 3.63) is 0 Å². The van der Waals surface area contributed by atoms with Crippen LogP contribution in [0.2, 0.25) is 0 Å². The Morgan fingerprint density at radius 1 is 1.29 bits per heavy atom. The third kappa shape index (κ3) is 2.92. The monoisotopic (exact) mass is 311 g/mol. The summed E-state index contributed by atoms with van der Waals surface area (Å²) in [5.41, 5.74) is 4.97. The van der Waals surface area contributed by atoms with Gasteiger partial charge in [-0.2, -0.15) is 0 Å². The zero-order chi connectivity index (χ0) is 15.6. The van der Waals surface area contributed by atoms with Gasteiger partial charge in [-0.3, -0.25) is 19.3 Å². The largest absolute Gasteiger partial charge is 0.392 e. The van der Waals surface area contributed by atoms with Gasteiger partial charge in [0, 0.05) is 7.05 Å². The van der Waals surface area contributed by atoms with E-state index in [0.29, 0.717) is 12.8 Å². The minimum absolute atomic E-state index is 0.00842. The minimum Gasteiger partial charge on any atom is -0.392 e. The summed E-state index contributed by atoms with van der Waals surface area (Å²) in [7, 11) is 1.42. The number of nitrogens with zero attached hydrogens (tertiary/aromatic N) is 1. The van der Waals surface area contributed by atoms with Crippen LogP contribution < -0.4 is 11.1 Å². The number of rotatable bonds is 3. The number of carbonyl (C=O) groups excluding carboxylic acids is 3. The van der Waals surface area contributed by atoms with Crippen molar-refractivity contribution in [3.8, 4) is 0 Å². The molecule has 3 amide bonds. The lowest BCUT2D eigenvalue weighted by atomic mass is 9.79. The van der Waals surface area contributed by atoms with Gasteiger partial charge >= 0.3 is 0 Å². The molecule has 116 valence electrons. The molecule has 1 aliphatic heterocycles. The summed E-state index contributed by atoms with van der Waals surface area (Å²) in [6.45, 7) is 0. The average molecular weight is 311 g/mol. The maximum absolute atomic E-state index is 12.7. The molecule has 0 aromatic heterocycles. The summed E-state index contributed by atoms with van der Waals surface area (Å²) in [6, 6.07) is -0.788. The number of hydrogen-bond donors (Lipinski definition) is 2. The van der Waals surface area contributed by atoms with E-state index in [-0.39, 0.29) is 29.1 Å². The molecule has 1 saturated carbocycles. The first-order valence-corrected chi connectivity index (χ1v) is 7.70. The zero-order valence-corrected chi connectivity index (χ0v) is 13.0. The molecule has 0 aromatic carbocycles. The van der Waals surface area contributed by atoms with E-state index in [1.54, 1.807) is 0 Å². The Bertz CT molecular complexity index is 484. The fraction of sp³-hybridized carbons (Fsp3) is 0.714. The fourth-order valence-corrected chi connectivity index (χ4v) is 3.38. The molecule has 6 nitrogen and oxygen atoms in total. The number of imide groups is 1. The SMILES string of the molecule is CN1C(=O)CC(NC(=O)C2(C(N)=S)CCCCCC2)C1=O. The predicted octanol–water partition coefficient (Wildman–Crippen LogP) is 0.487. The first-order chi connectivity index (χ1) is 9.88. The van der Waals surface area contributed by atoms with Crippen LogP contribution >= 0.6 is 12.2 Å². The summed E-state index contributed by atoms with van der Waals surface area (Å²) >= 11 is 5.14. The Morgan fingerprint density at radius 3 is 2.29 bits per heavy atom. The van der Waals surface area contributed by atoms with Crippen LogP contribution in [0.25, 0.3) is 0 Å². The lowest BCUT2D eigenvalue weighted by molar-refractivity contribution is -0.139. The molecule has 21 heavy (non-hydrogen) atoms. The molecule has 0 bridgehead atoms. The second-order valence-corrected chi connectivity index (χ2v) is 6.32. The number of nitrogens with two attached hydrogens (primary N) is 1. The number of hydrogen-bond acceptors (Lipinski definition) is 4. The summed E-state index contributed by atoms with van der Waals surface area (Å²) in [5, 5.41) is 2.69. The Labute approximate surface area is 129 Å². The van der Waals surface area contributed by atoms with Gasteiger partial charge in [0.2, 0.25) is 11.8 Å². The van der Waals surface area contributed by atoms with Gasteiger partial charge in [0.1, 0.15) is 6.04 Å². The highest BCUT2D eigenvalue weighted by Gasteiger charge is 2.45. The number of carbonyl (C=O) groups is 3. The first-order valence-electron chi connectivity index (χ1n) is 7.30. The molecule has 1 unspecified atom stereocenters. The van der Waals surface area contributed by atoms with Crippen LogP contribution in [0.3, 0.4) is 0 Å². The summed E-state index contributed by atoms with van der Waals surface area (Å²) in [6.07, 6.45) is 5.12. The summed E-state index contributed by atoms with van der Waals surface area (Å²) in [5.74, 6) is -0.964. The van der Waals surface area contributed by atoms with Crippen molar-refractivity contribution in [1.82, 2.24) is 10.2 Å². The van der Waals surface area contributed by atoms with E-state index in [2.05, 4.69) is 5.32 Å². The lowest BCUT2D eigenvalue weighted by Gasteiger charge is -2.31. The highest BCUT2D eigenvalue weighted by Crippen LogP contribution is 2.36. The third-order valence-electron chi connectivity index (χ3n) is 4.55. The Kier molecular flexibility index (Phi) is 4.61. The van der Waals surface area contributed by atoms with Crippen molar-refractivity contribution < 1.29 is 14.4 Å². The van der Waals surface area contributed by atoms with Crippen LogP contribution in [-0.4, -0.2) is 40.7 Å². The van der Waals surface area contributed by atoms with Crippen molar-refractivity contribution in [3.63, 3.8) is 0 Å². The van der Waals surface area contributed by atoms with E-state index in [9.17, 15) is 14.4 Å². The number of likely N-dealkylation sites (N-methyl/N-ethyl adjacent to an activating group) is 1. The number of thiocarbonyl (C=S) groups is 1. The second-order valence-electron chi connectivity index (χ2n) is 5.88. The van der Waals surface area contributed by atoms with Gasteiger partial charge < -0.3 is 11.1 Å². The van der Waals surface area contributed by atoms with Gasteiger partial charge in [0.05, 0.1) is 16.8 Å². The molecular weight excluding hydrogens is 290 g/mol. The van der Waals surface area contributed by atoms with E-state index in [1.165, 1.54) is 7.05 Å². The van der Waals surface area contributed by atoms with E-state index >= 15 is 0 Å². The van der Waals surface area contributed by atoms with Gasteiger partial charge in [0.25, 0.3) is 5.91 Å². The van der Waals surface area contributed by atoms with E-state index in [1.807, 2.05) is 0 Å². The molecule has 2 aliphatic rings. The Morgan fingerprint density at radius 2 is 1.86 bits per heavy atom. The van der Waals surface area contributed by atoms with Crippen LogP contribution in [0.4, 0.5) is 0 Å². The summed E-state index contributed by atoms with van der Waals surface area (Å²) < 4.78 is 0. The van der Waals surface area contributed by atoms with Gasteiger partial charge in [-0.15, -0.1) is 0 Å². The van der Waals surface area contributed by atoms with Gasteiger partial charge in [-0.25, -0.2) is 0 Å². The second kappa shape index (κ2) is 6.09. The van der Waals surface area contributed by atoms with Crippen LogP contribution in [0.1, 0.15) is 44.9 Å². The molecule has 0 spiro atoms. The maximum atomic E-state index is 12.7. The smallest absolute Gasteiger partial charge is 0.252 e. The number of nitrogens with one attached hydrogen (secondary N) is 1. The van der Waals surface area contributed by atoms with E-state index in [4.69, 9.17) is 18.0 Å². The highest BCUT2D eigenvalue weighted by atomic mass is 32.1. The molecule has 1 atom stereocenters. The van der Waals surface area contributed by atoms with Crippen LogP contribution in [-0.2, 0) is 14.4 Å². The van der Waals surface area contributed by atoms with Crippen molar-refractivity contribution >= 4 is 34.9 Å². The predicted molar refractivity (Wildman–Crippen MR) is 81.2 cm³/mol. The van der Waals surface area contributed by atoms with Crippen molar-refractivity contribution in [2.45, 2.75) is 51.0 Å². The normalized spacial score (nSPS) is 25.6. The lowest BCUT2D eigenvalue weighted by Crippen LogP contribution is -2.53. The minimum atomic E-state index is -0.879. The molecule has 2 fully saturated rings. The number of likely N-dealkylation sites (tertiary alicyclic amines) is 1. The van der Waals surface area contributed by atoms with Crippen LogP contribution in [0.5, 0.6) is 0 Å². The quantitative estimate of drug-likeness (QED) is 0.449. The molecule has 7 heteroatoms. The topological polar surface area (TPSA) is 92.5 Å². The Balaban J connectivity index is 2.14. The summed E-state index contributed by atoms with van der Waals surface area (Å²) in [4.78, 5) is 37.3. The third-order valence-corrected chi connectivity index (χ3v) is 4.94. The zero-order valence-electron chi connectivity index (χ0n) is 12.2. The highest BCUT2D eigenvalue weighted by molar-refractivity contribution is 7.80. The Hall–Kier alpha value is -1.50. The molecule has 1 heterocycles.